The smallest absolute Gasteiger partial charge is 0.418 e. The number of aryl methyl sites for hydroxylation is 3. The first-order chi connectivity index (χ1) is 17.3. The van der Waals surface area contributed by atoms with E-state index in [-0.39, 0.29) is 16.8 Å². The number of allylic oxidation sites excluding steroid dienone is 1. The number of esters is 1. The van der Waals surface area contributed by atoms with Crippen molar-refractivity contribution in [1.82, 2.24) is 4.57 Å². The van der Waals surface area contributed by atoms with E-state index in [4.69, 9.17) is 4.74 Å². The topological polar surface area (TPSA) is 51.5 Å². The molecule has 2 aromatic carbocycles. The molecule has 0 radical (unpaired) electrons. The summed E-state index contributed by atoms with van der Waals surface area (Å²) in [5.41, 5.74) is 4.00. The fraction of sp³-hybridized carbons (Fsp3) is 0.241. The number of halogens is 3. The third kappa shape index (κ3) is 4.59. The molecule has 5 nitrogen and oxygen atoms in total. The van der Waals surface area contributed by atoms with Gasteiger partial charge < -0.3 is 9.30 Å². The Hall–Kier alpha value is -4.07. The van der Waals surface area contributed by atoms with Crippen molar-refractivity contribution in [2.45, 2.75) is 40.8 Å². The average Bonchev–Trinajstić information content (AvgIpc) is 3.23. The van der Waals surface area contributed by atoms with Crippen molar-refractivity contribution in [3.05, 3.63) is 99.0 Å². The van der Waals surface area contributed by atoms with E-state index in [9.17, 15) is 22.8 Å². The minimum Gasteiger partial charge on any atom is -0.465 e. The van der Waals surface area contributed by atoms with Gasteiger partial charge in [0.25, 0.3) is 5.91 Å². The first kappa shape index (κ1) is 26.0. The summed E-state index contributed by atoms with van der Waals surface area (Å²) in [5, 5.41) is 0. The van der Waals surface area contributed by atoms with Crippen LogP contribution in [0.2, 0.25) is 0 Å². The molecular formula is C29H27F3N2O3. The van der Waals surface area contributed by atoms with Crippen LogP contribution in [0.1, 0.15) is 40.6 Å². The van der Waals surface area contributed by atoms with Crippen LogP contribution >= 0.6 is 0 Å². The van der Waals surface area contributed by atoms with Crippen LogP contribution in [0.15, 0.2) is 65.4 Å². The van der Waals surface area contributed by atoms with Crippen molar-refractivity contribution in [2.24, 2.45) is 0 Å². The lowest BCUT2D eigenvalue weighted by Gasteiger charge is -2.19. The Kier molecular flexibility index (Phi) is 6.62. The van der Waals surface area contributed by atoms with Gasteiger partial charge in [0.15, 0.2) is 0 Å². The zero-order valence-electron chi connectivity index (χ0n) is 21.4. The monoisotopic (exact) mass is 508 g/mol. The number of methoxy groups -OCH3 is 1. The molecule has 0 unspecified atom stereocenters. The maximum atomic E-state index is 13.7. The number of benzene rings is 2. The van der Waals surface area contributed by atoms with Gasteiger partial charge in [0.2, 0.25) is 0 Å². The molecule has 0 N–H and O–H groups in total. The highest BCUT2D eigenvalue weighted by Gasteiger charge is 2.38. The van der Waals surface area contributed by atoms with Gasteiger partial charge in [-0.15, -0.1) is 0 Å². The van der Waals surface area contributed by atoms with E-state index in [1.807, 2.05) is 32.0 Å². The third-order valence-electron chi connectivity index (χ3n) is 6.47. The van der Waals surface area contributed by atoms with Gasteiger partial charge >= 0.3 is 12.1 Å². The van der Waals surface area contributed by atoms with Crippen LogP contribution in [0.3, 0.4) is 0 Å². The Bertz CT molecular complexity index is 1470. The Morgan fingerprint density at radius 2 is 1.57 bits per heavy atom. The van der Waals surface area contributed by atoms with E-state index in [0.717, 1.165) is 17.2 Å². The molecule has 2 heterocycles. The molecule has 0 saturated heterocycles. The minimum atomic E-state index is -4.54. The van der Waals surface area contributed by atoms with Gasteiger partial charge in [-0.25, -0.2) is 4.79 Å². The fourth-order valence-corrected chi connectivity index (χ4v) is 4.94. The first-order valence-corrected chi connectivity index (χ1v) is 11.6. The number of aromatic nitrogens is 1. The molecule has 1 aromatic heterocycles. The van der Waals surface area contributed by atoms with Crippen molar-refractivity contribution in [2.75, 3.05) is 12.0 Å². The van der Waals surface area contributed by atoms with Gasteiger partial charge in [-0.3, -0.25) is 9.69 Å². The lowest BCUT2D eigenvalue weighted by atomic mass is 10.0. The molecule has 0 fully saturated rings. The van der Waals surface area contributed by atoms with Crippen molar-refractivity contribution >= 4 is 23.6 Å². The summed E-state index contributed by atoms with van der Waals surface area (Å²) >= 11 is 0. The number of carbonyl (C=O) groups excluding carboxylic acids is 2. The number of alkyl halides is 3. The largest absolute Gasteiger partial charge is 0.465 e. The summed E-state index contributed by atoms with van der Waals surface area (Å²) in [5.74, 6) is -1.08. The van der Waals surface area contributed by atoms with Gasteiger partial charge in [-0.2, -0.15) is 13.2 Å². The highest BCUT2D eigenvalue weighted by atomic mass is 19.4. The van der Waals surface area contributed by atoms with Crippen LogP contribution < -0.4 is 4.90 Å². The quantitative estimate of drug-likeness (QED) is 0.295. The van der Waals surface area contributed by atoms with Crippen LogP contribution in [0.4, 0.5) is 18.9 Å². The Morgan fingerprint density at radius 3 is 2.16 bits per heavy atom. The van der Waals surface area contributed by atoms with E-state index >= 15 is 0 Å². The van der Waals surface area contributed by atoms with Gasteiger partial charge in [0, 0.05) is 22.8 Å². The molecule has 4 rings (SSSR count). The molecule has 0 saturated carbocycles. The maximum Gasteiger partial charge on any atom is 0.418 e. The number of anilines is 1. The summed E-state index contributed by atoms with van der Waals surface area (Å²) in [6.45, 7) is 8.89. The Balaban J connectivity index is 1.89. The van der Waals surface area contributed by atoms with Crippen molar-refractivity contribution in [3.8, 4) is 5.69 Å². The highest BCUT2D eigenvalue weighted by Crippen LogP contribution is 2.38. The zero-order valence-corrected chi connectivity index (χ0v) is 21.4. The molecule has 0 bridgehead atoms. The molecule has 1 aliphatic heterocycles. The number of hydrogen-bond donors (Lipinski definition) is 0. The summed E-state index contributed by atoms with van der Waals surface area (Å²) in [4.78, 5) is 27.9. The maximum absolute atomic E-state index is 13.7. The SMILES string of the molecule is COC(=O)C1=C(C)N(c2cc(C)cc(C)c2)C(=O)/C1=C\c1cc(C)n(-c2ccccc2C(F)(F)F)c1C. The normalized spacial score (nSPS) is 15.2. The number of rotatable bonds is 4. The average molecular weight is 509 g/mol. The summed E-state index contributed by atoms with van der Waals surface area (Å²) in [6, 6.07) is 12.7. The van der Waals surface area contributed by atoms with Crippen molar-refractivity contribution in [3.63, 3.8) is 0 Å². The number of ether oxygens (including phenoxy) is 1. The summed E-state index contributed by atoms with van der Waals surface area (Å²) < 4.78 is 47.7. The van der Waals surface area contributed by atoms with Crippen LogP contribution in [0, 0.1) is 27.7 Å². The molecule has 1 aliphatic rings. The van der Waals surface area contributed by atoms with Crippen LogP contribution in [-0.2, 0) is 20.5 Å². The molecular weight excluding hydrogens is 481 g/mol. The second-order valence-corrected chi connectivity index (χ2v) is 9.17. The molecule has 0 spiro atoms. The number of para-hydroxylation sites is 1. The third-order valence-corrected chi connectivity index (χ3v) is 6.47. The number of amides is 1. The van der Waals surface area contributed by atoms with Gasteiger partial charge in [-0.05, 0) is 87.7 Å². The Labute approximate surface area is 213 Å². The predicted molar refractivity (Wildman–Crippen MR) is 136 cm³/mol. The van der Waals surface area contributed by atoms with Gasteiger partial charge in [0.1, 0.15) is 0 Å². The fourth-order valence-electron chi connectivity index (χ4n) is 4.94. The van der Waals surface area contributed by atoms with Gasteiger partial charge in [-0.1, -0.05) is 18.2 Å². The second kappa shape index (κ2) is 9.42. The second-order valence-electron chi connectivity index (χ2n) is 9.17. The van der Waals surface area contributed by atoms with E-state index in [2.05, 4.69) is 0 Å². The van der Waals surface area contributed by atoms with Crippen molar-refractivity contribution in [1.29, 1.82) is 0 Å². The lowest BCUT2D eigenvalue weighted by molar-refractivity contribution is -0.137. The molecule has 3 aromatic rings. The summed E-state index contributed by atoms with van der Waals surface area (Å²) in [6.07, 6.45) is -2.99. The first-order valence-electron chi connectivity index (χ1n) is 11.6. The number of carbonyl (C=O) groups is 2. The van der Waals surface area contributed by atoms with E-state index < -0.39 is 23.6 Å². The van der Waals surface area contributed by atoms with E-state index in [1.165, 1.54) is 28.7 Å². The highest BCUT2D eigenvalue weighted by molar-refractivity contribution is 6.23. The van der Waals surface area contributed by atoms with Crippen LogP contribution in [-0.4, -0.2) is 23.6 Å². The standard InChI is InChI=1S/C29H27F3N2O3/c1-16-11-17(2)13-22(12-16)34-20(5)26(28(36)37-6)23(27(34)35)15-21-14-18(3)33(19(21)4)25-10-8-7-9-24(25)29(30,31)32/h7-15H,1-6H3/b23-15-. The van der Waals surface area contributed by atoms with Crippen LogP contribution in [0.25, 0.3) is 11.8 Å². The molecule has 37 heavy (non-hydrogen) atoms. The minimum absolute atomic E-state index is 0.0100. The molecule has 0 atom stereocenters. The summed E-state index contributed by atoms with van der Waals surface area (Å²) in [7, 11) is 1.24. The van der Waals surface area contributed by atoms with E-state index in [0.29, 0.717) is 28.3 Å². The number of nitrogens with zero attached hydrogens (tertiary/aromatic N) is 2. The Morgan fingerprint density at radius 1 is 0.946 bits per heavy atom. The zero-order chi connectivity index (χ0) is 27.2. The van der Waals surface area contributed by atoms with E-state index in [1.54, 1.807) is 39.0 Å². The molecule has 1 amide bonds. The molecule has 192 valence electrons. The molecule has 8 heteroatoms. The number of hydrogen-bond acceptors (Lipinski definition) is 3. The van der Waals surface area contributed by atoms with Gasteiger partial charge in [0.05, 0.1) is 29.5 Å². The predicted octanol–water partition coefficient (Wildman–Crippen LogP) is 6.61. The molecule has 0 aliphatic carbocycles. The lowest BCUT2D eigenvalue weighted by Crippen LogP contribution is -2.24. The van der Waals surface area contributed by atoms with Crippen LogP contribution in [0.5, 0.6) is 0 Å². The van der Waals surface area contributed by atoms with Crippen molar-refractivity contribution < 1.29 is 27.5 Å².